The molecule has 140 valence electrons. The fourth-order valence-corrected chi connectivity index (χ4v) is 3.41. The van der Waals surface area contributed by atoms with Crippen molar-refractivity contribution >= 4 is 0 Å². The second kappa shape index (κ2) is 10.0. The van der Waals surface area contributed by atoms with Crippen LogP contribution in [-0.2, 0) is 0 Å². The molecule has 0 bridgehead atoms. The average molecular weight is 327 g/mol. The number of hydrogen-bond acceptors (Lipinski definition) is 2. The maximum Gasteiger partial charge on any atom is 0.00672 e. The van der Waals surface area contributed by atoms with E-state index in [0.29, 0.717) is 22.9 Å². The summed E-state index contributed by atoms with van der Waals surface area (Å²) in [5, 5.41) is 0. The smallest absolute Gasteiger partial charge is 0.00672 e. The topological polar surface area (TPSA) is 6.48 Å². The quantitative estimate of drug-likeness (QED) is 0.482. The Morgan fingerprint density at radius 3 is 1.78 bits per heavy atom. The summed E-state index contributed by atoms with van der Waals surface area (Å²) >= 11 is 0. The molecule has 0 spiro atoms. The van der Waals surface area contributed by atoms with Gasteiger partial charge in [-0.15, -0.1) is 0 Å². The van der Waals surface area contributed by atoms with Crippen LogP contribution in [0.15, 0.2) is 0 Å². The first kappa shape index (κ1) is 22.9. The Labute approximate surface area is 148 Å². The summed E-state index contributed by atoms with van der Waals surface area (Å²) in [5.41, 5.74) is 0.782. The molecule has 0 amide bonds. The fourth-order valence-electron chi connectivity index (χ4n) is 3.41. The summed E-state index contributed by atoms with van der Waals surface area (Å²) in [6.45, 7) is 28.4. The second-order valence-electron chi connectivity index (χ2n) is 9.74. The molecule has 0 aromatic heterocycles. The largest absolute Gasteiger partial charge is 0.300 e. The van der Waals surface area contributed by atoms with Crippen LogP contribution in [0.3, 0.4) is 0 Å². The van der Waals surface area contributed by atoms with Gasteiger partial charge in [0, 0.05) is 25.2 Å². The summed E-state index contributed by atoms with van der Waals surface area (Å²) in [7, 11) is 0. The SMILES string of the molecule is CCCN(CC(C)(C)CCC(C)N(CC)CC(C)(C)C)C(C)C. The molecule has 0 aromatic rings. The third-order valence-corrected chi connectivity index (χ3v) is 4.82. The molecule has 0 N–H and O–H groups in total. The van der Waals surface area contributed by atoms with Crippen molar-refractivity contribution in [3.63, 3.8) is 0 Å². The maximum absolute atomic E-state index is 2.66. The van der Waals surface area contributed by atoms with Crippen molar-refractivity contribution in [2.45, 2.75) is 101 Å². The Bertz CT molecular complexity index is 301. The standard InChI is InChI=1S/C21H46N2/c1-11-15-23(18(3)4)17-21(9,10)14-13-19(5)22(12-2)16-20(6,7)8/h18-19H,11-17H2,1-10H3. The van der Waals surface area contributed by atoms with Crippen molar-refractivity contribution in [3.8, 4) is 0 Å². The minimum atomic E-state index is 0.384. The van der Waals surface area contributed by atoms with E-state index in [0.717, 1.165) is 6.54 Å². The summed E-state index contributed by atoms with van der Waals surface area (Å²) in [6.07, 6.45) is 3.86. The van der Waals surface area contributed by atoms with Crippen LogP contribution in [-0.4, -0.2) is 48.1 Å². The predicted octanol–water partition coefficient (Wildman–Crippen LogP) is 5.67. The fraction of sp³-hybridized carbons (Fsp3) is 1.00. The highest BCUT2D eigenvalue weighted by Gasteiger charge is 2.25. The first-order valence-electron chi connectivity index (χ1n) is 9.90. The van der Waals surface area contributed by atoms with E-state index in [2.05, 4.69) is 79.0 Å². The monoisotopic (exact) mass is 326 g/mol. The molecule has 0 heterocycles. The molecule has 0 saturated carbocycles. The van der Waals surface area contributed by atoms with Crippen LogP contribution in [0.2, 0.25) is 0 Å². The highest BCUT2D eigenvalue weighted by Crippen LogP contribution is 2.27. The highest BCUT2D eigenvalue weighted by atomic mass is 15.2. The van der Waals surface area contributed by atoms with Crippen molar-refractivity contribution in [1.82, 2.24) is 9.80 Å². The summed E-state index contributed by atoms with van der Waals surface area (Å²) < 4.78 is 0. The Morgan fingerprint density at radius 2 is 1.39 bits per heavy atom. The van der Waals surface area contributed by atoms with Gasteiger partial charge in [-0.25, -0.2) is 0 Å². The van der Waals surface area contributed by atoms with Crippen molar-refractivity contribution in [1.29, 1.82) is 0 Å². The van der Waals surface area contributed by atoms with Gasteiger partial charge in [-0.2, -0.15) is 0 Å². The van der Waals surface area contributed by atoms with E-state index in [1.54, 1.807) is 0 Å². The zero-order valence-corrected chi connectivity index (χ0v) is 18.0. The van der Waals surface area contributed by atoms with Gasteiger partial charge in [-0.3, -0.25) is 0 Å². The molecule has 0 fully saturated rings. The first-order valence-corrected chi connectivity index (χ1v) is 9.90. The van der Waals surface area contributed by atoms with Gasteiger partial charge >= 0.3 is 0 Å². The Morgan fingerprint density at radius 1 is 0.826 bits per heavy atom. The molecule has 1 unspecified atom stereocenters. The third-order valence-electron chi connectivity index (χ3n) is 4.82. The van der Waals surface area contributed by atoms with Gasteiger partial charge in [-0.1, -0.05) is 48.5 Å². The normalized spacial score (nSPS) is 15.0. The van der Waals surface area contributed by atoms with Crippen LogP contribution < -0.4 is 0 Å². The van der Waals surface area contributed by atoms with E-state index in [1.165, 1.54) is 38.9 Å². The van der Waals surface area contributed by atoms with E-state index in [1.807, 2.05) is 0 Å². The van der Waals surface area contributed by atoms with Crippen molar-refractivity contribution in [2.75, 3.05) is 26.2 Å². The minimum Gasteiger partial charge on any atom is -0.300 e. The molecule has 0 aromatic carbocycles. The Hall–Kier alpha value is -0.0800. The molecule has 2 heteroatoms. The van der Waals surface area contributed by atoms with E-state index in [4.69, 9.17) is 0 Å². The van der Waals surface area contributed by atoms with Gasteiger partial charge in [0.2, 0.25) is 0 Å². The lowest BCUT2D eigenvalue weighted by atomic mass is 9.85. The van der Waals surface area contributed by atoms with Crippen molar-refractivity contribution in [3.05, 3.63) is 0 Å². The van der Waals surface area contributed by atoms with Crippen molar-refractivity contribution < 1.29 is 0 Å². The highest BCUT2D eigenvalue weighted by molar-refractivity contribution is 4.80. The maximum atomic E-state index is 2.66. The lowest BCUT2D eigenvalue weighted by Crippen LogP contribution is -2.42. The van der Waals surface area contributed by atoms with Gasteiger partial charge < -0.3 is 9.80 Å². The van der Waals surface area contributed by atoms with Crippen molar-refractivity contribution in [2.24, 2.45) is 10.8 Å². The van der Waals surface area contributed by atoms with E-state index in [-0.39, 0.29) is 0 Å². The molecule has 0 aliphatic rings. The number of nitrogens with zero attached hydrogens (tertiary/aromatic N) is 2. The molecule has 0 aliphatic carbocycles. The Balaban J connectivity index is 4.54. The number of rotatable bonds is 11. The zero-order chi connectivity index (χ0) is 18.3. The summed E-state index contributed by atoms with van der Waals surface area (Å²) in [4.78, 5) is 5.31. The minimum absolute atomic E-state index is 0.384. The molecule has 0 rings (SSSR count). The first-order chi connectivity index (χ1) is 10.4. The third kappa shape index (κ3) is 10.4. The van der Waals surface area contributed by atoms with Gasteiger partial charge in [0.25, 0.3) is 0 Å². The van der Waals surface area contributed by atoms with Crippen LogP contribution in [0, 0.1) is 10.8 Å². The molecule has 23 heavy (non-hydrogen) atoms. The second-order valence-corrected chi connectivity index (χ2v) is 9.74. The van der Waals surface area contributed by atoms with Crippen LogP contribution in [0.25, 0.3) is 0 Å². The van der Waals surface area contributed by atoms with E-state index < -0.39 is 0 Å². The molecular formula is C21H46N2. The predicted molar refractivity (Wildman–Crippen MR) is 106 cm³/mol. The lowest BCUT2D eigenvalue weighted by molar-refractivity contribution is 0.109. The zero-order valence-electron chi connectivity index (χ0n) is 18.0. The van der Waals surface area contributed by atoms with Gasteiger partial charge in [0.1, 0.15) is 0 Å². The molecule has 2 nitrogen and oxygen atoms in total. The molecule has 0 aliphatic heterocycles. The number of hydrogen-bond donors (Lipinski definition) is 0. The average Bonchev–Trinajstić information content (AvgIpc) is 2.40. The molecular weight excluding hydrogens is 280 g/mol. The van der Waals surface area contributed by atoms with Gasteiger partial charge in [0.15, 0.2) is 0 Å². The van der Waals surface area contributed by atoms with Crippen LogP contribution >= 0.6 is 0 Å². The molecule has 1 atom stereocenters. The van der Waals surface area contributed by atoms with Crippen LogP contribution in [0.4, 0.5) is 0 Å². The lowest BCUT2D eigenvalue weighted by Gasteiger charge is -2.38. The summed E-state index contributed by atoms with van der Waals surface area (Å²) in [6, 6.07) is 1.33. The van der Waals surface area contributed by atoms with Crippen LogP contribution in [0.1, 0.15) is 88.5 Å². The van der Waals surface area contributed by atoms with Crippen LogP contribution in [0.5, 0.6) is 0 Å². The Kier molecular flexibility index (Phi) is 10.00. The summed E-state index contributed by atoms with van der Waals surface area (Å²) in [5.74, 6) is 0. The van der Waals surface area contributed by atoms with Gasteiger partial charge in [-0.05, 0) is 64.0 Å². The van der Waals surface area contributed by atoms with E-state index >= 15 is 0 Å². The molecule has 0 radical (unpaired) electrons. The van der Waals surface area contributed by atoms with E-state index in [9.17, 15) is 0 Å². The van der Waals surface area contributed by atoms with Gasteiger partial charge in [0.05, 0.1) is 0 Å². The molecule has 0 saturated heterocycles.